The Hall–Kier alpha value is -0.550. The van der Waals surface area contributed by atoms with Gasteiger partial charge in [0, 0.05) is 0 Å². The number of carbonyl (C=O) groups is 1. The van der Waals surface area contributed by atoms with E-state index >= 15 is 0 Å². The summed E-state index contributed by atoms with van der Waals surface area (Å²) < 4.78 is 0.786. The summed E-state index contributed by atoms with van der Waals surface area (Å²) in [6.45, 7) is 1.99. The van der Waals surface area contributed by atoms with Gasteiger partial charge in [0.05, 0.1) is 10.2 Å². The van der Waals surface area contributed by atoms with Crippen molar-refractivity contribution in [1.82, 2.24) is 10.2 Å². The number of nitrogens with one attached hydrogen (secondary N) is 2. The van der Waals surface area contributed by atoms with Gasteiger partial charge in [-0.25, -0.2) is 0 Å². The van der Waals surface area contributed by atoms with Gasteiger partial charge < -0.3 is 5.32 Å². The Kier molecular flexibility index (Phi) is 3.74. The lowest BCUT2D eigenvalue weighted by Crippen LogP contribution is -2.13. The normalized spacial score (nSPS) is 10.1. The number of alkyl halides is 1. The molecule has 2 N–H and O–H groups in total. The molecule has 0 bridgehead atoms. The molecule has 1 rings (SSSR count). The van der Waals surface area contributed by atoms with E-state index in [4.69, 9.17) is 11.6 Å². The SMILES string of the molecule is CCc1[nH]nc(NC(=O)CCl)c1Br. The average Bonchev–Trinajstić information content (AvgIpc) is 2.48. The Balaban J connectivity index is 2.78. The molecule has 13 heavy (non-hydrogen) atoms. The summed E-state index contributed by atoms with van der Waals surface area (Å²) in [5.74, 6) is 0.153. The van der Waals surface area contributed by atoms with Crippen LogP contribution in [0.4, 0.5) is 5.82 Å². The van der Waals surface area contributed by atoms with Crippen LogP contribution in [0.25, 0.3) is 0 Å². The second-order valence-electron chi connectivity index (χ2n) is 2.40. The first-order valence-corrected chi connectivity index (χ1v) is 5.10. The summed E-state index contributed by atoms with van der Waals surface area (Å²) >= 11 is 8.65. The van der Waals surface area contributed by atoms with Gasteiger partial charge in [-0.05, 0) is 22.4 Å². The maximum atomic E-state index is 10.9. The molecule has 1 heterocycles. The zero-order valence-corrected chi connectivity index (χ0v) is 9.37. The molecule has 0 radical (unpaired) electrons. The Morgan fingerprint density at radius 3 is 2.92 bits per heavy atom. The number of halogens is 2. The molecule has 0 aliphatic heterocycles. The number of aromatic amines is 1. The van der Waals surface area contributed by atoms with Crippen LogP contribution in [-0.2, 0) is 11.2 Å². The van der Waals surface area contributed by atoms with Gasteiger partial charge >= 0.3 is 0 Å². The molecule has 0 aromatic carbocycles. The average molecular weight is 267 g/mol. The molecule has 0 fully saturated rings. The predicted octanol–water partition coefficient (Wildman–Crippen LogP) is 1.91. The monoisotopic (exact) mass is 265 g/mol. The van der Waals surface area contributed by atoms with Crippen molar-refractivity contribution in [2.75, 3.05) is 11.2 Å². The molecule has 6 heteroatoms. The second-order valence-corrected chi connectivity index (χ2v) is 3.46. The van der Waals surface area contributed by atoms with Crippen LogP contribution in [0.5, 0.6) is 0 Å². The van der Waals surface area contributed by atoms with E-state index in [0.717, 1.165) is 16.6 Å². The molecule has 0 atom stereocenters. The van der Waals surface area contributed by atoms with Crippen molar-refractivity contribution in [2.24, 2.45) is 0 Å². The highest BCUT2D eigenvalue weighted by atomic mass is 79.9. The molecule has 0 saturated carbocycles. The van der Waals surface area contributed by atoms with Crippen molar-refractivity contribution in [1.29, 1.82) is 0 Å². The van der Waals surface area contributed by atoms with Gasteiger partial charge in [0.1, 0.15) is 5.88 Å². The van der Waals surface area contributed by atoms with Crippen LogP contribution < -0.4 is 5.32 Å². The van der Waals surface area contributed by atoms with E-state index in [0.29, 0.717) is 5.82 Å². The molecular formula is C7H9BrClN3O. The van der Waals surface area contributed by atoms with Crippen LogP contribution in [0.2, 0.25) is 0 Å². The van der Waals surface area contributed by atoms with Crippen LogP contribution in [0.3, 0.4) is 0 Å². The topological polar surface area (TPSA) is 57.8 Å². The molecule has 4 nitrogen and oxygen atoms in total. The van der Waals surface area contributed by atoms with Crippen LogP contribution in [-0.4, -0.2) is 22.0 Å². The molecule has 0 aliphatic carbocycles. The Labute approximate surface area is 89.2 Å². The lowest BCUT2D eigenvalue weighted by Gasteiger charge is -1.97. The molecule has 0 aliphatic rings. The van der Waals surface area contributed by atoms with Gasteiger partial charge in [0.15, 0.2) is 5.82 Å². The van der Waals surface area contributed by atoms with E-state index in [9.17, 15) is 4.79 Å². The maximum absolute atomic E-state index is 10.9. The third-order valence-electron chi connectivity index (χ3n) is 1.51. The highest BCUT2D eigenvalue weighted by Gasteiger charge is 2.10. The quantitative estimate of drug-likeness (QED) is 0.821. The van der Waals surface area contributed by atoms with Gasteiger partial charge in [-0.2, -0.15) is 5.10 Å². The number of rotatable bonds is 3. The zero-order chi connectivity index (χ0) is 9.84. The van der Waals surface area contributed by atoms with Crippen molar-refractivity contribution < 1.29 is 4.79 Å². The number of aromatic nitrogens is 2. The first-order valence-electron chi connectivity index (χ1n) is 3.77. The first kappa shape index (κ1) is 10.5. The minimum atomic E-state index is -0.267. The molecule has 1 aromatic rings. The van der Waals surface area contributed by atoms with Gasteiger partial charge in [0.25, 0.3) is 0 Å². The largest absolute Gasteiger partial charge is 0.307 e. The fraction of sp³-hybridized carbons (Fsp3) is 0.429. The summed E-state index contributed by atoms with van der Waals surface area (Å²) in [6, 6.07) is 0. The van der Waals surface area contributed by atoms with E-state index in [2.05, 4.69) is 31.4 Å². The molecule has 1 amide bonds. The fourth-order valence-corrected chi connectivity index (χ4v) is 1.47. The number of hydrogen-bond acceptors (Lipinski definition) is 2. The van der Waals surface area contributed by atoms with E-state index < -0.39 is 0 Å². The molecule has 0 spiro atoms. The third kappa shape index (κ3) is 2.45. The Morgan fingerprint density at radius 2 is 2.46 bits per heavy atom. The number of H-pyrrole nitrogens is 1. The minimum Gasteiger partial charge on any atom is -0.307 e. The summed E-state index contributed by atoms with van der Waals surface area (Å²) in [4.78, 5) is 10.9. The lowest BCUT2D eigenvalue weighted by atomic mass is 10.3. The number of amides is 1. The smallest absolute Gasteiger partial charge is 0.240 e. The number of aryl methyl sites for hydroxylation is 1. The van der Waals surface area contributed by atoms with Crippen molar-refractivity contribution in [3.63, 3.8) is 0 Å². The number of carbonyl (C=O) groups excluding carboxylic acids is 1. The fourth-order valence-electron chi connectivity index (χ4n) is 0.847. The summed E-state index contributed by atoms with van der Waals surface area (Å²) in [7, 11) is 0. The van der Waals surface area contributed by atoms with Gasteiger partial charge in [-0.15, -0.1) is 11.6 Å². The van der Waals surface area contributed by atoms with E-state index in [-0.39, 0.29) is 11.8 Å². The third-order valence-corrected chi connectivity index (χ3v) is 2.61. The van der Waals surface area contributed by atoms with E-state index in [1.54, 1.807) is 0 Å². The molecule has 72 valence electrons. The van der Waals surface area contributed by atoms with Crippen molar-refractivity contribution in [3.05, 3.63) is 10.2 Å². The van der Waals surface area contributed by atoms with Crippen molar-refractivity contribution >= 4 is 39.3 Å². The van der Waals surface area contributed by atoms with Crippen LogP contribution in [0, 0.1) is 0 Å². The van der Waals surface area contributed by atoms with Gasteiger partial charge in [0.2, 0.25) is 5.91 Å². The van der Waals surface area contributed by atoms with Crippen molar-refractivity contribution in [3.8, 4) is 0 Å². The summed E-state index contributed by atoms with van der Waals surface area (Å²) in [5.41, 5.74) is 0.949. The lowest BCUT2D eigenvalue weighted by molar-refractivity contribution is -0.113. The molecule has 0 saturated heterocycles. The van der Waals surface area contributed by atoms with Crippen LogP contribution >= 0.6 is 27.5 Å². The molecular weight excluding hydrogens is 257 g/mol. The second kappa shape index (κ2) is 4.62. The van der Waals surface area contributed by atoms with Crippen LogP contribution in [0.1, 0.15) is 12.6 Å². The summed E-state index contributed by atoms with van der Waals surface area (Å²) in [6.07, 6.45) is 0.824. The van der Waals surface area contributed by atoms with E-state index in [1.807, 2.05) is 6.92 Å². The van der Waals surface area contributed by atoms with Crippen LogP contribution in [0.15, 0.2) is 4.47 Å². The van der Waals surface area contributed by atoms with E-state index in [1.165, 1.54) is 0 Å². The number of nitrogens with zero attached hydrogens (tertiary/aromatic N) is 1. The Bertz CT molecular complexity index is 313. The number of anilines is 1. The number of hydrogen-bond donors (Lipinski definition) is 2. The maximum Gasteiger partial charge on any atom is 0.240 e. The standard InChI is InChI=1S/C7H9BrClN3O/c1-2-4-6(8)7(12-11-4)10-5(13)3-9/h2-3H2,1H3,(H2,10,11,12,13). The van der Waals surface area contributed by atoms with Gasteiger partial charge in [-0.1, -0.05) is 6.92 Å². The zero-order valence-electron chi connectivity index (χ0n) is 7.03. The summed E-state index contributed by atoms with van der Waals surface area (Å²) in [5, 5.41) is 9.26. The highest BCUT2D eigenvalue weighted by molar-refractivity contribution is 9.10. The van der Waals surface area contributed by atoms with Gasteiger partial charge in [-0.3, -0.25) is 9.89 Å². The predicted molar refractivity (Wildman–Crippen MR) is 55.0 cm³/mol. The first-order chi connectivity index (χ1) is 6.19. The minimum absolute atomic E-state index is 0.0687. The highest BCUT2D eigenvalue weighted by Crippen LogP contribution is 2.23. The van der Waals surface area contributed by atoms with Crippen molar-refractivity contribution in [2.45, 2.75) is 13.3 Å². The molecule has 0 unspecified atom stereocenters. The Morgan fingerprint density at radius 1 is 1.77 bits per heavy atom. The molecule has 1 aromatic heterocycles.